The number of pyridine rings is 1. The van der Waals surface area contributed by atoms with Crippen molar-refractivity contribution >= 4 is 23.0 Å². The van der Waals surface area contributed by atoms with E-state index in [-0.39, 0.29) is 11.9 Å². The summed E-state index contributed by atoms with van der Waals surface area (Å²) in [6, 6.07) is 1.38. The third-order valence-corrected chi connectivity index (χ3v) is 3.49. The van der Waals surface area contributed by atoms with Crippen LogP contribution >= 0.6 is 0 Å². The van der Waals surface area contributed by atoms with Gasteiger partial charge in [-0.05, 0) is 19.4 Å². The molecule has 0 fully saturated rings. The van der Waals surface area contributed by atoms with Gasteiger partial charge in [0.05, 0.1) is 22.6 Å². The number of carbonyl (C=O) groups excluding carboxylic acids is 1. The highest BCUT2D eigenvalue weighted by Gasteiger charge is 2.25. The van der Waals surface area contributed by atoms with Crippen molar-refractivity contribution < 1.29 is 19.2 Å². The molecule has 108 valence electrons. The molecule has 2 aromatic heterocycles. The SMILES string of the molecule is Cc1noc2ncc(C(=O)NC3C=CC(C(=O)O)C3)cc12. The predicted molar refractivity (Wildman–Crippen MR) is 72.7 cm³/mol. The Kier molecular flexibility index (Phi) is 3.17. The molecule has 2 unspecified atom stereocenters. The van der Waals surface area contributed by atoms with Crippen LogP contribution in [0, 0.1) is 12.8 Å². The van der Waals surface area contributed by atoms with Crippen molar-refractivity contribution in [3.05, 3.63) is 35.7 Å². The summed E-state index contributed by atoms with van der Waals surface area (Å²) in [4.78, 5) is 27.1. The van der Waals surface area contributed by atoms with Gasteiger partial charge in [0.2, 0.25) is 0 Å². The molecule has 0 spiro atoms. The number of rotatable bonds is 3. The number of nitrogens with one attached hydrogen (secondary N) is 1. The first kappa shape index (κ1) is 13.3. The van der Waals surface area contributed by atoms with Gasteiger partial charge in [0.1, 0.15) is 0 Å². The van der Waals surface area contributed by atoms with Crippen LogP contribution in [-0.4, -0.2) is 33.2 Å². The second-order valence-corrected chi connectivity index (χ2v) is 4.99. The van der Waals surface area contributed by atoms with Gasteiger partial charge < -0.3 is 14.9 Å². The third-order valence-electron chi connectivity index (χ3n) is 3.49. The number of hydrogen-bond donors (Lipinski definition) is 2. The number of aryl methyl sites for hydroxylation is 1. The summed E-state index contributed by atoms with van der Waals surface area (Å²) >= 11 is 0. The van der Waals surface area contributed by atoms with Gasteiger partial charge >= 0.3 is 5.97 Å². The summed E-state index contributed by atoms with van der Waals surface area (Å²) in [5.74, 6) is -1.73. The van der Waals surface area contributed by atoms with Crippen LogP contribution in [0.2, 0.25) is 0 Å². The van der Waals surface area contributed by atoms with Crippen LogP contribution in [0.5, 0.6) is 0 Å². The first-order valence-corrected chi connectivity index (χ1v) is 6.48. The topological polar surface area (TPSA) is 105 Å². The van der Waals surface area contributed by atoms with E-state index in [0.717, 1.165) is 0 Å². The predicted octanol–water partition coefficient (Wildman–Crippen LogP) is 1.29. The Morgan fingerprint density at radius 1 is 1.43 bits per heavy atom. The second kappa shape index (κ2) is 5.01. The molecule has 2 heterocycles. The van der Waals surface area contributed by atoms with E-state index in [1.807, 2.05) is 0 Å². The molecule has 1 aliphatic rings. The van der Waals surface area contributed by atoms with E-state index < -0.39 is 11.9 Å². The van der Waals surface area contributed by atoms with Crippen LogP contribution in [0.15, 0.2) is 28.9 Å². The van der Waals surface area contributed by atoms with E-state index in [2.05, 4.69) is 15.5 Å². The summed E-state index contributed by atoms with van der Waals surface area (Å²) in [5, 5.41) is 16.2. The lowest BCUT2D eigenvalue weighted by atomic mass is 10.1. The van der Waals surface area contributed by atoms with Crippen molar-refractivity contribution in [2.75, 3.05) is 0 Å². The molecule has 2 atom stereocenters. The van der Waals surface area contributed by atoms with E-state index in [1.54, 1.807) is 25.1 Å². The molecule has 0 saturated heterocycles. The summed E-state index contributed by atoms with van der Waals surface area (Å²) in [6.45, 7) is 1.77. The lowest BCUT2D eigenvalue weighted by Crippen LogP contribution is -2.33. The lowest BCUT2D eigenvalue weighted by Gasteiger charge is -2.11. The average Bonchev–Trinajstić information content (AvgIpc) is 3.06. The Balaban J connectivity index is 1.74. The van der Waals surface area contributed by atoms with Crippen LogP contribution in [-0.2, 0) is 4.79 Å². The minimum absolute atomic E-state index is 0.280. The first-order chi connectivity index (χ1) is 10.0. The molecule has 2 aromatic rings. The van der Waals surface area contributed by atoms with Gasteiger partial charge in [0, 0.05) is 12.2 Å². The number of carboxylic acids is 1. The molecule has 2 N–H and O–H groups in total. The zero-order valence-corrected chi connectivity index (χ0v) is 11.2. The van der Waals surface area contributed by atoms with Gasteiger partial charge in [-0.1, -0.05) is 17.3 Å². The number of carbonyl (C=O) groups is 2. The maximum atomic E-state index is 12.2. The molecular weight excluding hydrogens is 274 g/mol. The van der Waals surface area contributed by atoms with Gasteiger partial charge in [-0.25, -0.2) is 4.98 Å². The average molecular weight is 287 g/mol. The van der Waals surface area contributed by atoms with Crippen molar-refractivity contribution in [1.29, 1.82) is 0 Å². The normalized spacial score (nSPS) is 20.8. The number of aliphatic carboxylic acids is 1. The first-order valence-electron chi connectivity index (χ1n) is 6.48. The van der Waals surface area contributed by atoms with Crippen LogP contribution in [0.3, 0.4) is 0 Å². The van der Waals surface area contributed by atoms with E-state index in [9.17, 15) is 9.59 Å². The zero-order chi connectivity index (χ0) is 15.0. The molecule has 7 nitrogen and oxygen atoms in total. The second-order valence-electron chi connectivity index (χ2n) is 4.99. The molecule has 0 saturated carbocycles. The quantitative estimate of drug-likeness (QED) is 0.824. The monoisotopic (exact) mass is 287 g/mol. The molecule has 0 aliphatic heterocycles. The Hall–Kier alpha value is -2.70. The maximum absolute atomic E-state index is 12.2. The molecule has 0 aromatic carbocycles. The fourth-order valence-corrected chi connectivity index (χ4v) is 2.31. The largest absolute Gasteiger partial charge is 0.481 e. The Bertz CT molecular complexity index is 750. The maximum Gasteiger partial charge on any atom is 0.310 e. The van der Waals surface area contributed by atoms with Crippen LogP contribution < -0.4 is 5.32 Å². The summed E-state index contributed by atoms with van der Waals surface area (Å²) in [6.07, 6.45) is 5.07. The molecule has 7 heteroatoms. The minimum atomic E-state index is -0.883. The number of fused-ring (bicyclic) bond motifs is 1. The summed E-state index contributed by atoms with van der Waals surface area (Å²) < 4.78 is 4.99. The number of nitrogens with zero attached hydrogens (tertiary/aromatic N) is 2. The number of carboxylic acid groups (broad SMARTS) is 1. The van der Waals surface area contributed by atoms with Crippen LogP contribution in [0.1, 0.15) is 22.5 Å². The van der Waals surface area contributed by atoms with Gasteiger partial charge in [-0.2, -0.15) is 0 Å². The zero-order valence-electron chi connectivity index (χ0n) is 11.2. The lowest BCUT2D eigenvalue weighted by molar-refractivity contribution is -0.140. The molecule has 1 aliphatic carbocycles. The minimum Gasteiger partial charge on any atom is -0.481 e. The Morgan fingerprint density at radius 2 is 2.24 bits per heavy atom. The van der Waals surface area contributed by atoms with Gasteiger partial charge in [0.15, 0.2) is 0 Å². The molecular formula is C14H13N3O4. The van der Waals surface area contributed by atoms with E-state index in [0.29, 0.717) is 28.8 Å². The highest BCUT2D eigenvalue weighted by Crippen LogP contribution is 2.20. The van der Waals surface area contributed by atoms with E-state index in [4.69, 9.17) is 9.63 Å². The molecule has 1 amide bonds. The van der Waals surface area contributed by atoms with Crippen molar-refractivity contribution in [2.45, 2.75) is 19.4 Å². The van der Waals surface area contributed by atoms with Gasteiger partial charge in [-0.3, -0.25) is 9.59 Å². The van der Waals surface area contributed by atoms with Crippen molar-refractivity contribution in [3.63, 3.8) is 0 Å². The Labute approximate surface area is 119 Å². The molecule has 3 rings (SSSR count). The standard InChI is InChI=1S/C14H13N3O4/c1-7-11-5-9(6-15-13(11)21-17-7)12(18)16-10-3-2-8(4-10)14(19)20/h2-3,5-6,8,10H,4H2,1H3,(H,16,18)(H,19,20). The van der Waals surface area contributed by atoms with Crippen molar-refractivity contribution in [2.24, 2.45) is 5.92 Å². The van der Waals surface area contributed by atoms with Crippen LogP contribution in [0.25, 0.3) is 11.1 Å². The molecule has 0 bridgehead atoms. The van der Waals surface area contributed by atoms with Crippen LogP contribution in [0.4, 0.5) is 0 Å². The van der Waals surface area contributed by atoms with Crippen molar-refractivity contribution in [3.8, 4) is 0 Å². The Morgan fingerprint density at radius 3 is 2.95 bits per heavy atom. The van der Waals surface area contributed by atoms with E-state index >= 15 is 0 Å². The number of aromatic nitrogens is 2. The highest BCUT2D eigenvalue weighted by atomic mass is 16.5. The van der Waals surface area contributed by atoms with E-state index in [1.165, 1.54) is 6.20 Å². The fourth-order valence-electron chi connectivity index (χ4n) is 2.31. The fraction of sp³-hybridized carbons (Fsp3) is 0.286. The number of hydrogen-bond acceptors (Lipinski definition) is 5. The third kappa shape index (κ3) is 2.49. The van der Waals surface area contributed by atoms with Gasteiger partial charge in [-0.15, -0.1) is 0 Å². The summed E-state index contributed by atoms with van der Waals surface area (Å²) in [7, 11) is 0. The highest BCUT2D eigenvalue weighted by molar-refractivity contribution is 5.97. The van der Waals surface area contributed by atoms with Crippen molar-refractivity contribution in [1.82, 2.24) is 15.5 Å². The molecule has 21 heavy (non-hydrogen) atoms. The molecule has 0 radical (unpaired) electrons. The van der Waals surface area contributed by atoms with Gasteiger partial charge in [0.25, 0.3) is 11.6 Å². The smallest absolute Gasteiger partial charge is 0.310 e. The summed E-state index contributed by atoms with van der Waals surface area (Å²) in [5.41, 5.74) is 1.44. The number of amides is 1.